The van der Waals surface area contributed by atoms with E-state index >= 15 is 0 Å². The standard InChI is InChI=1S/C14H23NOS/c1-2-15-12-14(7-9-16-10-8-14)6-5-13-4-3-11-17-13/h3-4,11,15H,2,5-10,12H2,1H3. The molecule has 0 bridgehead atoms. The Morgan fingerprint density at radius 3 is 2.88 bits per heavy atom. The van der Waals surface area contributed by atoms with Crippen molar-refractivity contribution in [3.8, 4) is 0 Å². The quantitative estimate of drug-likeness (QED) is 0.841. The molecule has 1 aliphatic rings. The van der Waals surface area contributed by atoms with E-state index in [1.165, 1.54) is 30.6 Å². The molecule has 0 amide bonds. The maximum atomic E-state index is 5.52. The van der Waals surface area contributed by atoms with Gasteiger partial charge in [0.15, 0.2) is 0 Å². The summed E-state index contributed by atoms with van der Waals surface area (Å²) >= 11 is 1.88. The van der Waals surface area contributed by atoms with Crippen LogP contribution in [-0.4, -0.2) is 26.3 Å². The molecule has 0 aromatic carbocycles. The maximum absolute atomic E-state index is 5.52. The fraction of sp³-hybridized carbons (Fsp3) is 0.714. The molecule has 2 rings (SSSR count). The zero-order chi connectivity index (χ0) is 12.0. The topological polar surface area (TPSA) is 21.3 Å². The molecule has 2 nitrogen and oxygen atoms in total. The molecule has 1 aromatic rings. The normalized spacial score (nSPS) is 19.4. The molecule has 3 heteroatoms. The molecule has 1 aliphatic heterocycles. The lowest BCUT2D eigenvalue weighted by atomic mass is 9.76. The Kier molecular flexibility index (Phi) is 5.01. The van der Waals surface area contributed by atoms with Crippen molar-refractivity contribution in [2.75, 3.05) is 26.3 Å². The number of hydrogen-bond donors (Lipinski definition) is 1. The second-order valence-corrected chi connectivity index (χ2v) is 6.00. The molecule has 1 saturated heterocycles. The number of rotatable bonds is 6. The molecular weight excluding hydrogens is 230 g/mol. The minimum absolute atomic E-state index is 0.470. The van der Waals surface area contributed by atoms with Gasteiger partial charge in [0, 0.05) is 24.6 Å². The molecule has 17 heavy (non-hydrogen) atoms. The largest absolute Gasteiger partial charge is 0.381 e. The molecular formula is C14H23NOS. The SMILES string of the molecule is CCNCC1(CCc2cccs2)CCOCC1. The highest BCUT2D eigenvalue weighted by atomic mass is 32.1. The van der Waals surface area contributed by atoms with Crippen molar-refractivity contribution >= 4 is 11.3 Å². The van der Waals surface area contributed by atoms with Gasteiger partial charge in [0.05, 0.1) is 0 Å². The Balaban J connectivity index is 1.90. The molecule has 1 N–H and O–H groups in total. The van der Waals surface area contributed by atoms with Crippen LogP contribution >= 0.6 is 11.3 Å². The van der Waals surface area contributed by atoms with Crippen LogP contribution in [0.25, 0.3) is 0 Å². The third-order valence-corrected chi connectivity index (χ3v) is 4.72. The van der Waals surface area contributed by atoms with Crippen molar-refractivity contribution in [1.82, 2.24) is 5.32 Å². The lowest BCUT2D eigenvalue weighted by molar-refractivity contribution is 0.0109. The highest BCUT2D eigenvalue weighted by Crippen LogP contribution is 2.35. The average molecular weight is 253 g/mol. The Morgan fingerprint density at radius 1 is 1.41 bits per heavy atom. The monoisotopic (exact) mass is 253 g/mol. The Morgan fingerprint density at radius 2 is 2.24 bits per heavy atom. The summed E-state index contributed by atoms with van der Waals surface area (Å²) in [6.07, 6.45) is 4.95. The van der Waals surface area contributed by atoms with E-state index in [0.717, 1.165) is 26.3 Å². The van der Waals surface area contributed by atoms with Gasteiger partial charge in [-0.1, -0.05) is 13.0 Å². The first-order valence-corrected chi connectivity index (χ1v) is 7.53. The fourth-order valence-electron chi connectivity index (χ4n) is 2.55. The summed E-state index contributed by atoms with van der Waals surface area (Å²) < 4.78 is 5.52. The molecule has 0 radical (unpaired) electrons. The zero-order valence-corrected chi connectivity index (χ0v) is 11.5. The predicted octanol–water partition coefficient (Wildman–Crippen LogP) is 3.09. The molecule has 96 valence electrons. The van der Waals surface area contributed by atoms with Crippen molar-refractivity contribution in [3.05, 3.63) is 22.4 Å². The maximum Gasteiger partial charge on any atom is 0.0471 e. The summed E-state index contributed by atoms with van der Waals surface area (Å²) in [6, 6.07) is 4.41. The molecule has 0 atom stereocenters. The molecule has 0 spiro atoms. The number of thiophene rings is 1. The van der Waals surface area contributed by atoms with Gasteiger partial charge < -0.3 is 10.1 Å². The van der Waals surface area contributed by atoms with E-state index in [2.05, 4.69) is 29.8 Å². The van der Waals surface area contributed by atoms with E-state index in [9.17, 15) is 0 Å². The fourth-order valence-corrected chi connectivity index (χ4v) is 3.26. The zero-order valence-electron chi connectivity index (χ0n) is 10.7. The Hall–Kier alpha value is -0.380. The van der Waals surface area contributed by atoms with Gasteiger partial charge in [-0.15, -0.1) is 11.3 Å². The van der Waals surface area contributed by atoms with Crippen LogP contribution in [0.4, 0.5) is 0 Å². The van der Waals surface area contributed by atoms with Gasteiger partial charge in [0.25, 0.3) is 0 Å². The summed E-state index contributed by atoms with van der Waals surface area (Å²) in [5.74, 6) is 0. The van der Waals surface area contributed by atoms with Gasteiger partial charge in [0.2, 0.25) is 0 Å². The summed E-state index contributed by atoms with van der Waals surface area (Å²) in [7, 11) is 0. The minimum atomic E-state index is 0.470. The van der Waals surface area contributed by atoms with Crippen molar-refractivity contribution in [2.24, 2.45) is 5.41 Å². The van der Waals surface area contributed by atoms with E-state index in [1.54, 1.807) is 0 Å². The lowest BCUT2D eigenvalue weighted by Gasteiger charge is -2.37. The number of ether oxygens (including phenoxy) is 1. The number of aryl methyl sites for hydroxylation is 1. The van der Waals surface area contributed by atoms with Crippen LogP contribution in [-0.2, 0) is 11.2 Å². The van der Waals surface area contributed by atoms with Gasteiger partial charge in [0.1, 0.15) is 0 Å². The van der Waals surface area contributed by atoms with Crippen molar-refractivity contribution in [3.63, 3.8) is 0 Å². The van der Waals surface area contributed by atoms with E-state index in [1.807, 2.05) is 11.3 Å². The van der Waals surface area contributed by atoms with E-state index < -0.39 is 0 Å². The first-order valence-electron chi connectivity index (χ1n) is 6.65. The van der Waals surface area contributed by atoms with Gasteiger partial charge in [-0.25, -0.2) is 0 Å². The smallest absolute Gasteiger partial charge is 0.0471 e. The van der Waals surface area contributed by atoms with E-state index in [-0.39, 0.29) is 0 Å². The summed E-state index contributed by atoms with van der Waals surface area (Å²) in [4.78, 5) is 1.52. The third kappa shape index (κ3) is 3.80. The summed E-state index contributed by atoms with van der Waals surface area (Å²) in [5, 5.41) is 5.71. The van der Waals surface area contributed by atoms with Crippen LogP contribution in [0, 0.1) is 5.41 Å². The second kappa shape index (κ2) is 6.53. The first-order chi connectivity index (χ1) is 8.35. The van der Waals surface area contributed by atoms with Gasteiger partial charge in [-0.05, 0) is 49.1 Å². The van der Waals surface area contributed by atoms with Crippen LogP contribution in [0.3, 0.4) is 0 Å². The second-order valence-electron chi connectivity index (χ2n) is 4.97. The highest BCUT2D eigenvalue weighted by Gasteiger charge is 2.31. The van der Waals surface area contributed by atoms with Gasteiger partial charge in [-0.2, -0.15) is 0 Å². The molecule has 0 unspecified atom stereocenters. The van der Waals surface area contributed by atoms with E-state index in [0.29, 0.717) is 5.41 Å². The molecule has 1 fully saturated rings. The van der Waals surface area contributed by atoms with Crippen LogP contribution in [0.15, 0.2) is 17.5 Å². The van der Waals surface area contributed by atoms with Crippen LogP contribution in [0.5, 0.6) is 0 Å². The molecule has 2 heterocycles. The van der Waals surface area contributed by atoms with Gasteiger partial charge >= 0.3 is 0 Å². The first kappa shape index (κ1) is 13.1. The van der Waals surface area contributed by atoms with Crippen LogP contribution in [0.2, 0.25) is 0 Å². The van der Waals surface area contributed by atoms with Crippen LogP contribution in [0.1, 0.15) is 31.1 Å². The van der Waals surface area contributed by atoms with Crippen molar-refractivity contribution in [1.29, 1.82) is 0 Å². The lowest BCUT2D eigenvalue weighted by Crippen LogP contribution is -2.39. The summed E-state index contributed by atoms with van der Waals surface area (Å²) in [5.41, 5.74) is 0.470. The highest BCUT2D eigenvalue weighted by molar-refractivity contribution is 7.09. The summed E-state index contributed by atoms with van der Waals surface area (Å²) in [6.45, 7) is 6.29. The van der Waals surface area contributed by atoms with Gasteiger partial charge in [-0.3, -0.25) is 0 Å². The van der Waals surface area contributed by atoms with Crippen molar-refractivity contribution < 1.29 is 4.74 Å². The minimum Gasteiger partial charge on any atom is -0.381 e. The predicted molar refractivity (Wildman–Crippen MR) is 73.7 cm³/mol. The van der Waals surface area contributed by atoms with Crippen LogP contribution < -0.4 is 5.32 Å². The Bertz CT molecular complexity index is 304. The van der Waals surface area contributed by atoms with Crippen molar-refractivity contribution in [2.45, 2.75) is 32.6 Å². The number of hydrogen-bond acceptors (Lipinski definition) is 3. The third-order valence-electron chi connectivity index (χ3n) is 3.79. The molecule has 0 aliphatic carbocycles. The molecule has 0 saturated carbocycles. The molecule has 1 aromatic heterocycles. The average Bonchev–Trinajstić information content (AvgIpc) is 2.89. The Labute approximate surface area is 108 Å². The number of nitrogens with one attached hydrogen (secondary N) is 1. The van der Waals surface area contributed by atoms with E-state index in [4.69, 9.17) is 4.74 Å².